The van der Waals surface area contributed by atoms with Crippen LogP contribution in [0.15, 0.2) is 47.4 Å². The van der Waals surface area contributed by atoms with Crippen molar-refractivity contribution in [2.45, 2.75) is 0 Å². The van der Waals surface area contributed by atoms with Gasteiger partial charge in [-0.3, -0.25) is 14.5 Å². The molecule has 10 heteroatoms. The molecule has 0 unspecified atom stereocenters. The Morgan fingerprint density at radius 2 is 1.90 bits per heavy atom. The number of nitrogens with zero attached hydrogens (tertiary/aromatic N) is 2. The van der Waals surface area contributed by atoms with E-state index in [1.807, 2.05) is 0 Å². The van der Waals surface area contributed by atoms with E-state index in [2.05, 4.69) is 10.3 Å². The molecule has 2 heterocycles. The van der Waals surface area contributed by atoms with Gasteiger partial charge in [0.25, 0.3) is 5.91 Å². The van der Waals surface area contributed by atoms with Crippen LogP contribution in [-0.4, -0.2) is 32.6 Å². The summed E-state index contributed by atoms with van der Waals surface area (Å²) in [6.07, 6.45) is 1.60. The van der Waals surface area contributed by atoms with E-state index in [-0.39, 0.29) is 22.5 Å². The van der Waals surface area contributed by atoms with E-state index in [0.29, 0.717) is 25.8 Å². The summed E-state index contributed by atoms with van der Waals surface area (Å²) in [4.78, 5) is 30.7. The van der Waals surface area contributed by atoms with Crippen molar-refractivity contribution in [3.8, 4) is 0 Å². The van der Waals surface area contributed by atoms with Gasteiger partial charge in [0.1, 0.15) is 22.5 Å². The number of amides is 2. The molecule has 0 radical (unpaired) electrons. The normalized spacial score (nSPS) is 15.5. The van der Waals surface area contributed by atoms with E-state index in [4.69, 9.17) is 12.2 Å². The Bertz CT molecular complexity index is 1180. The number of thiocarbonyl (C=S) groups is 1. The van der Waals surface area contributed by atoms with Crippen LogP contribution in [-0.2, 0) is 9.59 Å². The molecule has 3 aromatic rings. The van der Waals surface area contributed by atoms with E-state index < -0.39 is 11.8 Å². The fraction of sp³-hybridized carbons (Fsp3) is 0.0526. The van der Waals surface area contributed by atoms with Crippen molar-refractivity contribution < 1.29 is 18.4 Å². The van der Waals surface area contributed by atoms with Gasteiger partial charge in [0.2, 0.25) is 5.91 Å². The molecule has 1 aliphatic heterocycles. The van der Waals surface area contributed by atoms with Crippen LogP contribution in [0.25, 0.3) is 16.3 Å². The molecule has 1 N–H and O–H groups in total. The highest BCUT2D eigenvalue weighted by atomic mass is 32.2. The lowest BCUT2D eigenvalue weighted by atomic mass is 10.2. The van der Waals surface area contributed by atoms with E-state index >= 15 is 0 Å². The number of carbonyl (C=O) groups is 2. The lowest BCUT2D eigenvalue weighted by molar-refractivity contribution is -0.126. The highest BCUT2D eigenvalue weighted by Gasteiger charge is 2.33. The highest BCUT2D eigenvalue weighted by molar-refractivity contribution is 8.26. The molecular formula is C19H11F2N3O2S3. The minimum atomic E-state index is -0.469. The van der Waals surface area contributed by atoms with Crippen LogP contribution in [0.4, 0.5) is 13.9 Å². The predicted octanol–water partition coefficient (Wildman–Crippen LogP) is 4.41. The zero-order chi connectivity index (χ0) is 20.5. The summed E-state index contributed by atoms with van der Waals surface area (Å²) in [6, 6.07) is 9.84. The number of anilines is 1. The van der Waals surface area contributed by atoms with Gasteiger partial charge < -0.3 is 5.32 Å². The van der Waals surface area contributed by atoms with Crippen LogP contribution in [0.2, 0.25) is 0 Å². The fourth-order valence-electron chi connectivity index (χ4n) is 2.60. The number of benzene rings is 2. The van der Waals surface area contributed by atoms with E-state index in [1.54, 1.807) is 18.2 Å². The molecule has 1 aliphatic rings. The minimum absolute atomic E-state index is 0.255. The summed E-state index contributed by atoms with van der Waals surface area (Å²) in [6.45, 7) is -0.268. The minimum Gasteiger partial charge on any atom is -0.300 e. The largest absolute Gasteiger partial charge is 0.300 e. The second-order valence-corrected chi connectivity index (χ2v) is 8.71. The van der Waals surface area contributed by atoms with Crippen LogP contribution in [0.1, 0.15) is 5.56 Å². The van der Waals surface area contributed by atoms with E-state index in [1.165, 1.54) is 35.2 Å². The van der Waals surface area contributed by atoms with Crippen LogP contribution in [0.3, 0.4) is 0 Å². The first-order valence-electron chi connectivity index (χ1n) is 8.26. The Balaban J connectivity index is 1.45. The summed E-state index contributed by atoms with van der Waals surface area (Å²) >= 11 is 7.43. The number of rotatable bonds is 4. The highest BCUT2D eigenvalue weighted by Crippen LogP contribution is 2.32. The van der Waals surface area contributed by atoms with Crippen molar-refractivity contribution in [2.24, 2.45) is 0 Å². The van der Waals surface area contributed by atoms with Gasteiger partial charge in [-0.2, -0.15) is 0 Å². The first kappa shape index (κ1) is 19.6. The van der Waals surface area contributed by atoms with E-state index in [9.17, 15) is 18.4 Å². The number of nitrogens with one attached hydrogen (secondary N) is 1. The average molecular weight is 448 g/mol. The molecule has 0 atom stereocenters. The smallest absolute Gasteiger partial charge is 0.266 e. The number of halogens is 2. The zero-order valence-electron chi connectivity index (χ0n) is 14.5. The topological polar surface area (TPSA) is 62.3 Å². The molecule has 1 saturated heterocycles. The lowest BCUT2D eigenvalue weighted by Crippen LogP contribution is -2.36. The monoisotopic (exact) mass is 447 g/mol. The maximum absolute atomic E-state index is 13.3. The van der Waals surface area contributed by atoms with Gasteiger partial charge in [-0.1, -0.05) is 47.4 Å². The predicted molar refractivity (Wildman–Crippen MR) is 114 cm³/mol. The Hall–Kier alpha value is -2.69. The van der Waals surface area contributed by atoms with Crippen molar-refractivity contribution in [2.75, 3.05) is 11.9 Å². The molecule has 0 spiro atoms. The molecule has 29 heavy (non-hydrogen) atoms. The standard InChI is InChI=1S/C19H11F2N3O2S3/c20-11-3-1-10(2-4-11)7-15-17(26)24(19(27)29-15)9-16(25)23-18-22-13-6-5-12(21)8-14(13)28-18/h1-8H,9H2,(H,22,23,25)/b15-7-. The molecule has 0 saturated carbocycles. The number of thiazole rings is 1. The molecule has 4 rings (SSSR count). The number of thioether (sulfide) groups is 1. The van der Waals surface area contributed by atoms with Gasteiger partial charge in [0, 0.05) is 0 Å². The number of hydrogen-bond donors (Lipinski definition) is 1. The molecule has 1 aromatic heterocycles. The lowest BCUT2D eigenvalue weighted by Gasteiger charge is -2.13. The maximum atomic E-state index is 13.3. The Morgan fingerprint density at radius 1 is 1.17 bits per heavy atom. The molecule has 5 nitrogen and oxygen atoms in total. The van der Waals surface area contributed by atoms with Crippen molar-refractivity contribution in [3.63, 3.8) is 0 Å². The molecule has 146 valence electrons. The van der Waals surface area contributed by atoms with Gasteiger partial charge >= 0.3 is 0 Å². The summed E-state index contributed by atoms with van der Waals surface area (Å²) in [5.41, 5.74) is 1.22. The molecule has 1 fully saturated rings. The number of fused-ring (bicyclic) bond motifs is 1. The average Bonchev–Trinajstić information content (AvgIpc) is 3.18. The van der Waals surface area contributed by atoms with Gasteiger partial charge in [0.05, 0.1) is 15.1 Å². The summed E-state index contributed by atoms with van der Waals surface area (Å²) in [5.74, 6) is -1.62. The quantitative estimate of drug-likeness (QED) is 0.474. The van der Waals surface area contributed by atoms with Crippen molar-refractivity contribution in [1.82, 2.24) is 9.88 Å². The number of hydrogen-bond acceptors (Lipinski definition) is 6. The van der Waals surface area contributed by atoms with Gasteiger partial charge in [-0.25, -0.2) is 13.8 Å². The molecule has 0 bridgehead atoms. The zero-order valence-corrected chi connectivity index (χ0v) is 17.0. The number of carbonyl (C=O) groups excluding carboxylic acids is 2. The molecule has 0 aliphatic carbocycles. The Labute approximate surface area is 177 Å². The molecule has 2 aromatic carbocycles. The van der Waals surface area contributed by atoms with Crippen LogP contribution < -0.4 is 5.32 Å². The first-order chi connectivity index (χ1) is 13.9. The summed E-state index contributed by atoms with van der Waals surface area (Å²) in [7, 11) is 0. The Morgan fingerprint density at radius 3 is 2.66 bits per heavy atom. The van der Waals surface area contributed by atoms with Gasteiger partial charge in [-0.15, -0.1) is 0 Å². The van der Waals surface area contributed by atoms with Crippen molar-refractivity contribution in [3.05, 3.63) is 64.6 Å². The van der Waals surface area contributed by atoms with Crippen molar-refractivity contribution in [1.29, 1.82) is 0 Å². The summed E-state index contributed by atoms with van der Waals surface area (Å²) in [5, 5.41) is 2.92. The second-order valence-electron chi connectivity index (χ2n) is 6.00. The SMILES string of the molecule is O=C(CN1C(=O)/C(=C/c2ccc(F)cc2)SC1=S)Nc1nc2ccc(F)cc2s1. The van der Waals surface area contributed by atoms with Gasteiger partial charge in [-0.05, 0) is 42.0 Å². The van der Waals surface area contributed by atoms with Gasteiger partial charge in [0.15, 0.2) is 5.13 Å². The molecule has 2 amide bonds. The number of aromatic nitrogens is 1. The second kappa shape index (κ2) is 7.97. The van der Waals surface area contributed by atoms with E-state index in [0.717, 1.165) is 23.1 Å². The van der Waals surface area contributed by atoms with Crippen LogP contribution >= 0.6 is 35.3 Å². The van der Waals surface area contributed by atoms with Crippen LogP contribution in [0.5, 0.6) is 0 Å². The third kappa shape index (κ3) is 4.34. The van der Waals surface area contributed by atoms with Crippen molar-refractivity contribution >= 4 is 72.9 Å². The first-order valence-corrected chi connectivity index (χ1v) is 10.3. The molecular weight excluding hydrogens is 436 g/mol. The fourth-order valence-corrected chi connectivity index (χ4v) is 4.76. The summed E-state index contributed by atoms with van der Waals surface area (Å²) < 4.78 is 27.2. The third-order valence-corrected chi connectivity index (χ3v) is 6.25. The maximum Gasteiger partial charge on any atom is 0.266 e. The van der Waals surface area contributed by atoms with Crippen LogP contribution in [0, 0.1) is 11.6 Å². The third-order valence-electron chi connectivity index (χ3n) is 3.94. The Kier molecular flexibility index (Phi) is 5.39.